The van der Waals surface area contributed by atoms with Crippen LogP contribution in [0.4, 0.5) is 10.5 Å². The molecule has 1 aliphatic heterocycles. The fraction of sp³-hybridized carbons (Fsp3) is 0.414. The quantitative estimate of drug-likeness (QED) is 0.488. The van der Waals surface area contributed by atoms with Gasteiger partial charge in [0.25, 0.3) is 0 Å². The molecular formula is C29H37N5O2. The molecule has 0 aliphatic carbocycles. The first-order chi connectivity index (χ1) is 17.3. The highest BCUT2D eigenvalue weighted by molar-refractivity contribution is 6.00. The maximum atomic E-state index is 12.9. The number of fused-ring (bicyclic) bond motifs is 1. The van der Waals surface area contributed by atoms with Crippen molar-refractivity contribution in [1.29, 1.82) is 0 Å². The number of benzene rings is 2. The molecule has 0 bridgehead atoms. The van der Waals surface area contributed by atoms with Crippen LogP contribution in [-0.4, -0.2) is 66.0 Å². The lowest BCUT2D eigenvalue weighted by atomic mass is 10.0. The second-order valence-electron chi connectivity index (χ2n) is 10.0. The van der Waals surface area contributed by atoms with Crippen molar-refractivity contribution in [2.45, 2.75) is 45.6 Å². The minimum atomic E-state index is -0.225. The maximum absolute atomic E-state index is 12.9. The van der Waals surface area contributed by atoms with E-state index in [9.17, 15) is 9.59 Å². The van der Waals surface area contributed by atoms with E-state index >= 15 is 0 Å². The summed E-state index contributed by atoms with van der Waals surface area (Å²) in [6.45, 7) is 9.30. The van der Waals surface area contributed by atoms with Gasteiger partial charge >= 0.3 is 6.03 Å². The Kier molecular flexibility index (Phi) is 8.21. The molecule has 1 atom stereocenters. The fourth-order valence-corrected chi connectivity index (χ4v) is 4.76. The highest BCUT2D eigenvalue weighted by Gasteiger charge is 2.28. The van der Waals surface area contributed by atoms with Gasteiger partial charge in [0, 0.05) is 50.3 Å². The van der Waals surface area contributed by atoms with Crippen molar-refractivity contribution >= 4 is 28.5 Å². The van der Waals surface area contributed by atoms with E-state index in [2.05, 4.69) is 58.6 Å². The van der Waals surface area contributed by atoms with E-state index in [4.69, 9.17) is 0 Å². The highest BCUT2D eigenvalue weighted by Crippen LogP contribution is 2.23. The Morgan fingerprint density at radius 3 is 2.64 bits per heavy atom. The van der Waals surface area contributed by atoms with E-state index in [0.717, 1.165) is 53.9 Å². The van der Waals surface area contributed by atoms with Crippen molar-refractivity contribution < 1.29 is 9.59 Å². The Balaban J connectivity index is 1.21. The average molecular weight is 488 g/mol. The topological polar surface area (TPSA) is 77.6 Å². The van der Waals surface area contributed by atoms with Gasteiger partial charge in [-0.15, -0.1) is 0 Å². The third-order valence-corrected chi connectivity index (χ3v) is 7.00. The van der Waals surface area contributed by atoms with Gasteiger partial charge in [0.05, 0.1) is 17.6 Å². The number of para-hydroxylation sites is 1. The zero-order valence-corrected chi connectivity index (χ0v) is 21.8. The molecule has 2 N–H and O–H groups in total. The van der Waals surface area contributed by atoms with Gasteiger partial charge in [-0.2, -0.15) is 0 Å². The van der Waals surface area contributed by atoms with Crippen LogP contribution in [0.2, 0.25) is 0 Å². The van der Waals surface area contributed by atoms with Crippen LogP contribution < -0.4 is 10.6 Å². The van der Waals surface area contributed by atoms with E-state index in [1.807, 2.05) is 49.2 Å². The summed E-state index contributed by atoms with van der Waals surface area (Å²) in [5, 5.41) is 6.85. The molecule has 3 amide bonds. The Labute approximate surface area is 213 Å². The van der Waals surface area contributed by atoms with Crippen molar-refractivity contribution in [3.05, 3.63) is 71.4 Å². The molecule has 1 aliphatic rings. The lowest BCUT2D eigenvalue weighted by Gasteiger charge is -2.25. The molecule has 1 aromatic heterocycles. The monoisotopic (exact) mass is 487 g/mol. The normalized spacial score (nSPS) is 15.9. The van der Waals surface area contributed by atoms with E-state index in [-0.39, 0.29) is 18.0 Å². The molecule has 7 nitrogen and oxygen atoms in total. The van der Waals surface area contributed by atoms with Crippen LogP contribution in [0.1, 0.15) is 43.0 Å². The summed E-state index contributed by atoms with van der Waals surface area (Å²) in [5.41, 5.74) is 4.83. The van der Waals surface area contributed by atoms with Crippen LogP contribution in [0, 0.1) is 6.92 Å². The number of aryl methyl sites for hydroxylation is 1. The molecule has 0 spiro atoms. The Morgan fingerprint density at radius 1 is 1.14 bits per heavy atom. The first-order valence-corrected chi connectivity index (χ1v) is 12.8. The number of likely N-dealkylation sites (N-methyl/N-ethyl adjacent to an activating group) is 1. The Hall–Kier alpha value is -3.45. The minimum absolute atomic E-state index is 0.150. The SMILES string of the molecule is Cc1cc(NC(=O)NCCN2CCC(N(C)C(=O)Cc3ccc(C(C)C)cc3)C2)c2ccccc2n1. The lowest BCUT2D eigenvalue weighted by molar-refractivity contribution is -0.131. The van der Waals surface area contributed by atoms with Crippen molar-refractivity contribution in [3.8, 4) is 0 Å². The predicted octanol–water partition coefficient (Wildman–Crippen LogP) is 4.56. The molecule has 1 saturated heterocycles. The number of carbonyl (C=O) groups excluding carboxylic acids is 2. The fourth-order valence-electron chi connectivity index (χ4n) is 4.76. The summed E-state index contributed by atoms with van der Waals surface area (Å²) >= 11 is 0. The smallest absolute Gasteiger partial charge is 0.319 e. The third-order valence-electron chi connectivity index (χ3n) is 7.00. The lowest BCUT2D eigenvalue weighted by Crippen LogP contribution is -2.41. The number of anilines is 1. The summed E-state index contributed by atoms with van der Waals surface area (Å²) in [5.74, 6) is 0.638. The molecule has 0 radical (unpaired) electrons. The first-order valence-electron chi connectivity index (χ1n) is 12.8. The third kappa shape index (κ3) is 6.40. The van der Waals surface area contributed by atoms with Gasteiger partial charge in [0.2, 0.25) is 5.91 Å². The van der Waals surface area contributed by atoms with Gasteiger partial charge < -0.3 is 15.5 Å². The molecule has 2 aromatic carbocycles. The van der Waals surface area contributed by atoms with Crippen molar-refractivity contribution in [1.82, 2.24) is 20.1 Å². The summed E-state index contributed by atoms with van der Waals surface area (Å²) < 4.78 is 0. The van der Waals surface area contributed by atoms with Crippen LogP contribution in [0.25, 0.3) is 10.9 Å². The summed E-state index contributed by atoms with van der Waals surface area (Å²) in [6, 6.07) is 18.0. The Morgan fingerprint density at radius 2 is 1.89 bits per heavy atom. The number of nitrogens with one attached hydrogen (secondary N) is 2. The van der Waals surface area contributed by atoms with Gasteiger partial charge in [-0.05, 0) is 42.5 Å². The van der Waals surface area contributed by atoms with Crippen LogP contribution >= 0.6 is 0 Å². The molecule has 1 unspecified atom stereocenters. The van der Waals surface area contributed by atoms with Gasteiger partial charge in [-0.25, -0.2) is 4.79 Å². The predicted molar refractivity (Wildman–Crippen MR) is 145 cm³/mol. The molecule has 7 heteroatoms. The van der Waals surface area contributed by atoms with Gasteiger partial charge in [-0.3, -0.25) is 14.7 Å². The van der Waals surface area contributed by atoms with Crippen LogP contribution in [0.3, 0.4) is 0 Å². The van der Waals surface area contributed by atoms with E-state index in [1.165, 1.54) is 5.56 Å². The van der Waals surface area contributed by atoms with Crippen LogP contribution in [0.5, 0.6) is 0 Å². The highest BCUT2D eigenvalue weighted by atomic mass is 16.2. The standard InChI is InChI=1S/C29H37N5O2/c1-20(2)23-11-9-22(10-12-23)18-28(35)33(4)24-13-15-34(19-24)16-14-30-29(36)32-27-17-21(3)31-26-8-6-5-7-25(26)27/h5-12,17,20,24H,13-16,18-19H2,1-4H3,(H2,30,31,32,36). The number of likely N-dealkylation sites (tertiary alicyclic amines) is 1. The molecular weight excluding hydrogens is 450 g/mol. The number of nitrogens with zero attached hydrogens (tertiary/aromatic N) is 3. The van der Waals surface area contributed by atoms with Crippen LogP contribution in [0.15, 0.2) is 54.6 Å². The average Bonchev–Trinajstić information content (AvgIpc) is 3.32. The molecule has 0 saturated carbocycles. The van der Waals surface area contributed by atoms with Gasteiger partial charge in [0.15, 0.2) is 0 Å². The number of hydrogen-bond donors (Lipinski definition) is 2. The number of carbonyl (C=O) groups is 2. The summed E-state index contributed by atoms with van der Waals surface area (Å²) in [7, 11) is 1.91. The van der Waals surface area contributed by atoms with E-state index in [0.29, 0.717) is 18.9 Å². The number of amides is 3. The molecule has 3 aromatic rings. The van der Waals surface area contributed by atoms with Crippen LogP contribution in [-0.2, 0) is 11.2 Å². The van der Waals surface area contributed by atoms with Crippen molar-refractivity contribution in [2.75, 3.05) is 38.5 Å². The molecule has 2 heterocycles. The molecule has 4 rings (SSSR count). The number of rotatable bonds is 8. The number of pyridine rings is 1. The molecule has 190 valence electrons. The van der Waals surface area contributed by atoms with Gasteiger partial charge in [-0.1, -0.05) is 56.3 Å². The zero-order chi connectivity index (χ0) is 25.7. The first kappa shape index (κ1) is 25.6. The number of aromatic nitrogens is 1. The molecule has 36 heavy (non-hydrogen) atoms. The maximum Gasteiger partial charge on any atom is 0.319 e. The van der Waals surface area contributed by atoms with E-state index < -0.39 is 0 Å². The molecule has 1 fully saturated rings. The second-order valence-corrected chi connectivity index (χ2v) is 10.0. The van der Waals surface area contributed by atoms with Gasteiger partial charge in [0.1, 0.15) is 0 Å². The largest absolute Gasteiger partial charge is 0.341 e. The zero-order valence-electron chi connectivity index (χ0n) is 21.8. The minimum Gasteiger partial charge on any atom is -0.341 e. The summed E-state index contributed by atoms with van der Waals surface area (Å²) in [6.07, 6.45) is 1.37. The Bertz CT molecular complexity index is 1210. The van der Waals surface area contributed by atoms with Crippen molar-refractivity contribution in [2.24, 2.45) is 0 Å². The second kappa shape index (κ2) is 11.5. The number of urea groups is 1. The number of hydrogen-bond acceptors (Lipinski definition) is 4. The van der Waals surface area contributed by atoms with Crippen molar-refractivity contribution in [3.63, 3.8) is 0 Å². The summed E-state index contributed by atoms with van der Waals surface area (Å²) in [4.78, 5) is 34.1. The van der Waals surface area contributed by atoms with E-state index in [1.54, 1.807) is 0 Å².